The Labute approximate surface area is 124 Å². The molecule has 1 heterocycles. The fraction of sp³-hybridized carbons (Fsp3) is 0.235. The molecule has 0 radical (unpaired) electrons. The smallest absolute Gasteiger partial charge is 0.362 e. The van der Waals surface area contributed by atoms with Gasteiger partial charge in [0.05, 0.1) is 11.3 Å². The van der Waals surface area contributed by atoms with Crippen LogP contribution in [-0.2, 0) is 0 Å². The third-order valence-electron chi connectivity index (χ3n) is 3.48. The van der Waals surface area contributed by atoms with Crippen molar-refractivity contribution in [2.75, 3.05) is 0 Å². The number of nitriles is 1. The molecule has 0 saturated carbocycles. The fourth-order valence-corrected chi connectivity index (χ4v) is 2.02. The highest BCUT2D eigenvalue weighted by Crippen LogP contribution is 2.26. The van der Waals surface area contributed by atoms with Gasteiger partial charge in [-0.25, -0.2) is 9.78 Å². The van der Waals surface area contributed by atoms with Gasteiger partial charge >= 0.3 is 5.97 Å². The molecule has 2 rings (SSSR count). The second kappa shape index (κ2) is 5.76. The van der Waals surface area contributed by atoms with Crippen molar-refractivity contribution in [3.63, 3.8) is 0 Å². The largest absolute Gasteiger partial charge is 0.421 e. The number of hydrogen-bond acceptors (Lipinski definition) is 4. The van der Waals surface area contributed by atoms with Gasteiger partial charge in [-0.3, -0.25) is 0 Å². The molecule has 21 heavy (non-hydrogen) atoms. The third-order valence-corrected chi connectivity index (χ3v) is 3.48. The Kier molecular flexibility index (Phi) is 4.04. The van der Waals surface area contributed by atoms with E-state index in [-0.39, 0.29) is 5.69 Å². The molecule has 0 atom stereocenters. The van der Waals surface area contributed by atoms with Crippen LogP contribution in [0.2, 0.25) is 0 Å². The topological polar surface area (TPSA) is 63.0 Å². The van der Waals surface area contributed by atoms with Gasteiger partial charge in [-0.1, -0.05) is 12.1 Å². The Morgan fingerprint density at radius 3 is 2.38 bits per heavy atom. The molecule has 1 aromatic carbocycles. The van der Waals surface area contributed by atoms with Gasteiger partial charge in [0.2, 0.25) is 0 Å². The monoisotopic (exact) mass is 280 g/mol. The van der Waals surface area contributed by atoms with Crippen LogP contribution in [0.25, 0.3) is 0 Å². The van der Waals surface area contributed by atoms with Crippen LogP contribution >= 0.6 is 0 Å². The van der Waals surface area contributed by atoms with Crippen molar-refractivity contribution in [2.24, 2.45) is 0 Å². The first-order valence-corrected chi connectivity index (χ1v) is 6.60. The van der Waals surface area contributed by atoms with Gasteiger partial charge in [-0.05, 0) is 56.5 Å². The molecule has 0 aliphatic heterocycles. The summed E-state index contributed by atoms with van der Waals surface area (Å²) >= 11 is 0. The van der Waals surface area contributed by atoms with Crippen LogP contribution in [0.1, 0.15) is 38.4 Å². The Morgan fingerprint density at radius 2 is 1.76 bits per heavy atom. The maximum absolute atomic E-state index is 12.2. The second-order valence-corrected chi connectivity index (χ2v) is 4.98. The van der Waals surface area contributed by atoms with Crippen LogP contribution < -0.4 is 4.74 Å². The van der Waals surface area contributed by atoms with Crippen LogP contribution in [0.5, 0.6) is 5.75 Å². The van der Waals surface area contributed by atoms with Crippen LogP contribution in [-0.4, -0.2) is 11.0 Å². The van der Waals surface area contributed by atoms with E-state index in [2.05, 4.69) is 4.98 Å². The number of aryl methyl sites for hydroxylation is 3. The molecular weight excluding hydrogens is 264 g/mol. The van der Waals surface area contributed by atoms with Crippen LogP contribution in [0, 0.1) is 39.0 Å². The number of rotatable bonds is 2. The molecule has 0 N–H and O–H groups in total. The summed E-state index contributed by atoms with van der Waals surface area (Å²) in [6.07, 6.45) is 0. The maximum atomic E-state index is 12.2. The summed E-state index contributed by atoms with van der Waals surface area (Å²) in [5.74, 6) is 0.0585. The molecule has 106 valence electrons. The van der Waals surface area contributed by atoms with Gasteiger partial charge in [0.1, 0.15) is 17.5 Å². The highest BCUT2D eigenvalue weighted by molar-refractivity contribution is 5.89. The molecule has 0 fully saturated rings. The minimum Gasteiger partial charge on any atom is -0.421 e. The van der Waals surface area contributed by atoms with Gasteiger partial charge in [0.15, 0.2) is 0 Å². The van der Waals surface area contributed by atoms with E-state index in [4.69, 9.17) is 10.00 Å². The molecule has 4 nitrogen and oxygen atoms in total. The van der Waals surface area contributed by atoms with E-state index in [1.54, 1.807) is 13.0 Å². The van der Waals surface area contributed by atoms with Gasteiger partial charge in [-0.15, -0.1) is 0 Å². The zero-order valence-corrected chi connectivity index (χ0v) is 12.5. The summed E-state index contributed by atoms with van der Waals surface area (Å²) in [4.78, 5) is 16.3. The highest BCUT2D eigenvalue weighted by atomic mass is 16.5. The predicted molar refractivity (Wildman–Crippen MR) is 79.3 cm³/mol. The number of nitrogens with zero attached hydrogens (tertiary/aromatic N) is 2. The van der Waals surface area contributed by atoms with Crippen molar-refractivity contribution < 1.29 is 9.53 Å². The molecule has 0 unspecified atom stereocenters. The van der Waals surface area contributed by atoms with E-state index in [9.17, 15) is 4.79 Å². The molecule has 0 aliphatic carbocycles. The quantitative estimate of drug-likeness (QED) is 0.624. The van der Waals surface area contributed by atoms with E-state index >= 15 is 0 Å². The summed E-state index contributed by atoms with van der Waals surface area (Å²) in [6, 6.07) is 9.02. The Hall–Kier alpha value is -2.67. The number of ether oxygens (including phenoxy) is 1. The predicted octanol–water partition coefficient (Wildman–Crippen LogP) is 3.41. The molecule has 1 aromatic heterocycles. The zero-order valence-electron chi connectivity index (χ0n) is 12.5. The first-order chi connectivity index (χ1) is 9.93. The third kappa shape index (κ3) is 2.92. The molecule has 0 bridgehead atoms. The minimum absolute atomic E-state index is 0.201. The summed E-state index contributed by atoms with van der Waals surface area (Å²) in [5.41, 5.74) is 4.07. The Bertz CT molecular complexity index is 758. The van der Waals surface area contributed by atoms with Crippen molar-refractivity contribution >= 4 is 5.97 Å². The standard InChI is InChI=1S/C17H16N2O2/c1-10-5-6-11(2)16(12(10)3)21-17(20)15-8-7-14(9-18)13(4)19-15/h5-8H,1-4H3. The van der Waals surface area contributed by atoms with E-state index in [1.807, 2.05) is 39.0 Å². The van der Waals surface area contributed by atoms with Gasteiger partial charge in [0, 0.05) is 0 Å². The number of benzene rings is 1. The average molecular weight is 280 g/mol. The highest BCUT2D eigenvalue weighted by Gasteiger charge is 2.15. The van der Waals surface area contributed by atoms with Gasteiger partial charge < -0.3 is 4.74 Å². The van der Waals surface area contributed by atoms with Crippen LogP contribution in [0.15, 0.2) is 24.3 Å². The molecule has 0 saturated heterocycles. The molecular formula is C17H16N2O2. The minimum atomic E-state index is -0.514. The van der Waals surface area contributed by atoms with Crippen molar-refractivity contribution in [3.8, 4) is 11.8 Å². The fourth-order valence-electron chi connectivity index (χ4n) is 2.02. The SMILES string of the molecule is Cc1ccc(C)c(OC(=O)c2ccc(C#N)c(C)n2)c1C. The summed E-state index contributed by atoms with van der Waals surface area (Å²) in [6.45, 7) is 7.48. The lowest BCUT2D eigenvalue weighted by Crippen LogP contribution is -2.13. The van der Waals surface area contributed by atoms with Crippen molar-refractivity contribution in [1.82, 2.24) is 4.98 Å². The lowest BCUT2D eigenvalue weighted by Gasteiger charge is -2.12. The molecule has 4 heteroatoms. The number of esters is 1. The number of carbonyl (C=O) groups excluding carboxylic acids is 1. The van der Waals surface area contributed by atoms with E-state index in [0.717, 1.165) is 16.7 Å². The number of aromatic nitrogens is 1. The van der Waals surface area contributed by atoms with Crippen molar-refractivity contribution in [2.45, 2.75) is 27.7 Å². The van der Waals surface area contributed by atoms with E-state index < -0.39 is 5.97 Å². The molecule has 0 amide bonds. The molecule has 2 aromatic rings. The molecule has 0 aliphatic rings. The van der Waals surface area contributed by atoms with Gasteiger partial charge in [0.25, 0.3) is 0 Å². The number of carbonyl (C=O) groups is 1. The van der Waals surface area contributed by atoms with Crippen molar-refractivity contribution in [1.29, 1.82) is 5.26 Å². The van der Waals surface area contributed by atoms with Gasteiger partial charge in [-0.2, -0.15) is 5.26 Å². The Balaban J connectivity index is 2.33. The normalized spacial score (nSPS) is 10.0. The summed E-state index contributed by atoms with van der Waals surface area (Å²) < 4.78 is 5.49. The lowest BCUT2D eigenvalue weighted by molar-refractivity contribution is 0.0726. The first kappa shape index (κ1) is 14.7. The van der Waals surface area contributed by atoms with Crippen molar-refractivity contribution in [3.05, 3.63) is 57.9 Å². The lowest BCUT2D eigenvalue weighted by atomic mass is 10.1. The average Bonchev–Trinajstić information content (AvgIpc) is 2.47. The van der Waals surface area contributed by atoms with E-state index in [0.29, 0.717) is 17.0 Å². The number of hydrogen-bond donors (Lipinski definition) is 0. The zero-order chi connectivity index (χ0) is 15.6. The summed E-state index contributed by atoms with van der Waals surface area (Å²) in [5, 5.41) is 8.88. The second-order valence-electron chi connectivity index (χ2n) is 4.98. The summed E-state index contributed by atoms with van der Waals surface area (Å²) in [7, 11) is 0. The molecule has 0 spiro atoms. The maximum Gasteiger partial charge on any atom is 0.362 e. The number of pyridine rings is 1. The van der Waals surface area contributed by atoms with E-state index in [1.165, 1.54) is 6.07 Å². The Morgan fingerprint density at radius 1 is 1.10 bits per heavy atom. The van der Waals surface area contributed by atoms with Crippen LogP contribution in [0.4, 0.5) is 0 Å². The van der Waals surface area contributed by atoms with Crippen LogP contribution in [0.3, 0.4) is 0 Å². The first-order valence-electron chi connectivity index (χ1n) is 6.60.